The Balaban J connectivity index is 0.00000208. The average molecular weight is 347 g/mol. The molecule has 0 aromatic heterocycles. The van der Waals surface area contributed by atoms with Crippen LogP contribution in [0.25, 0.3) is 0 Å². The Morgan fingerprint density at radius 2 is 1.88 bits per heavy atom. The lowest BCUT2D eigenvalue weighted by Gasteiger charge is -2.24. The molecule has 2 aromatic carbocycles. The molecule has 2 unspecified atom stereocenters. The second-order valence-electron chi connectivity index (χ2n) is 5.93. The van der Waals surface area contributed by atoms with Crippen molar-refractivity contribution in [3.63, 3.8) is 0 Å². The molecule has 0 saturated carbocycles. The van der Waals surface area contributed by atoms with Crippen molar-refractivity contribution in [2.75, 3.05) is 12.3 Å². The maximum atomic E-state index is 12.4. The number of hydrogen-bond acceptors (Lipinski definition) is 3. The van der Waals surface area contributed by atoms with Crippen LogP contribution in [0.5, 0.6) is 0 Å². The fraction of sp³-hybridized carbons (Fsp3) is 0.316. The van der Waals surface area contributed by atoms with E-state index in [1.54, 1.807) is 0 Å². The van der Waals surface area contributed by atoms with Crippen LogP contribution in [0.4, 0.5) is 5.69 Å². The second kappa shape index (κ2) is 8.71. The van der Waals surface area contributed by atoms with Gasteiger partial charge in [-0.15, -0.1) is 12.4 Å². The van der Waals surface area contributed by atoms with E-state index >= 15 is 0 Å². The van der Waals surface area contributed by atoms with Crippen molar-refractivity contribution in [2.24, 2.45) is 0 Å². The number of nitrogens with two attached hydrogens (primary N) is 1. The van der Waals surface area contributed by atoms with Crippen LogP contribution in [0.2, 0.25) is 0 Å². The summed E-state index contributed by atoms with van der Waals surface area (Å²) in [5.41, 5.74) is 8.43. The molecule has 5 heteroatoms. The van der Waals surface area contributed by atoms with Crippen LogP contribution in [0, 0.1) is 0 Å². The van der Waals surface area contributed by atoms with Gasteiger partial charge in [0.25, 0.3) is 0 Å². The first kappa shape index (κ1) is 18.3. The van der Waals surface area contributed by atoms with E-state index in [4.69, 9.17) is 10.5 Å². The first-order valence-electron chi connectivity index (χ1n) is 8.03. The van der Waals surface area contributed by atoms with E-state index in [2.05, 4.69) is 5.32 Å². The van der Waals surface area contributed by atoms with Gasteiger partial charge in [-0.3, -0.25) is 4.79 Å². The number of nitrogens with one attached hydrogen (secondary N) is 1. The van der Waals surface area contributed by atoms with Crippen molar-refractivity contribution < 1.29 is 9.53 Å². The number of benzene rings is 2. The summed E-state index contributed by atoms with van der Waals surface area (Å²) in [6.07, 6.45) is 2.41. The maximum absolute atomic E-state index is 12.4. The molecule has 3 rings (SSSR count). The molecule has 2 atom stereocenters. The molecule has 24 heavy (non-hydrogen) atoms. The Bertz CT molecular complexity index is 640. The van der Waals surface area contributed by atoms with Crippen molar-refractivity contribution in [3.05, 3.63) is 65.7 Å². The molecule has 3 N–H and O–H groups in total. The van der Waals surface area contributed by atoms with Gasteiger partial charge in [-0.25, -0.2) is 0 Å². The quantitative estimate of drug-likeness (QED) is 0.817. The molecule has 1 saturated heterocycles. The van der Waals surface area contributed by atoms with Crippen LogP contribution in [0.1, 0.15) is 30.0 Å². The highest BCUT2D eigenvalue weighted by Crippen LogP contribution is 2.27. The minimum Gasteiger partial charge on any atom is -0.399 e. The predicted molar refractivity (Wildman–Crippen MR) is 98.1 cm³/mol. The average Bonchev–Trinajstić information content (AvgIpc) is 3.10. The first-order chi connectivity index (χ1) is 11.2. The van der Waals surface area contributed by atoms with Crippen molar-refractivity contribution in [1.29, 1.82) is 0 Å². The Morgan fingerprint density at radius 3 is 2.50 bits per heavy atom. The van der Waals surface area contributed by atoms with Gasteiger partial charge >= 0.3 is 0 Å². The summed E-state index contributed by atoms with van der Waals surface area (Å²) in [5, 5.41) is 3.14. The Morgan fingerprint density at radius 1 is 1.17 bits per heavy atom. The van der Waals surface area contributed by atoms with Crippen LogP contribution in [0.15, 0.2) is 54.6 Å². The maximum Gasteiger partial charge on any atom is 0.224 e. The van der Waals surface area contributed by atoms with Crippen LogP contribution in [0.3, 0.4) is 0 Å². The van der Waals surface area contributed by atoms with Gasteiger partial charge < -0.3 is 15.8 Å². The summed E-state index contributed by atoms with van der Waals surface area (Å²) in [6.45, 7) is 0.766. The third-order valence-electron chi connectivity index (χ3n) is 4.16. The highest BCUT2D eigenvalue weighted by atomic mass is 35.5. The topological polar surface area (TPSA) is 64.4 Å². The van der Waals surface area contributed by atoms with Crippen molar-refractivity contribution in [3.8, 4) is 0 Å². The highest BCUT2D eigenvalue weighted by Gasteiger charge is 2.28. The van der Waals surface area contributed by atoms with Crippen LogP contribution in [-0.2, 0) is 16.0 Å². The predicted octanol–water partition coefficient (Wildman–Crippen LogP) is 3.27. The monoisotopic (exact) mass is 346 g/mol. The van der Waals surface area contributed by atoms with E-state index < -0.39 is 0 Å². The smallest absolute Gasteiger partial charge is 0.224 e. The number of amides is 1. The molecular formula is C19H23ClN2O2. The zero-order chi connectivity index (χ0) is 16.1. The molecule has 1 heterocycles. The second-order valence-corrected chi connectivity index (χ2v) is 5.93. The Labute approximate surface area is 148 Å². The zero-order valence-electron chi connectivity index (χ0n) is 13.5. The number of carbonyl (C=O) groups excluding carboxylic acids is 1. The van der Waals surface area contributed by atoms with Gasteiger partial charge in [-0.05, 0) is 36.1 Å². The molecule has 4 nitrogen and oxygen atoms in total. The fourth-order valence-corrected chi connectivity index (χ4v) is 2.96. The summed E-state index contributed by atoms with van der Waals surface area (Å²) in [5.74, 6) is -0.000811. The van der Waals surface area contributed by atoms with E-state index in [-0.39, 0.29) is 30.5 Å². The van der Waals surface area contributed by atoms with Gasteiger partial charge in [0.15, 0.2) is 0 Å². The third kappa shape index (κ3) is 4.73. The molecule has 1 aliphatic rings. The molecular weight excluding hydrogens is 324 g/mol. The minimum atomic E-state index is -0.0972. The van der Waals surface area contributed by atoms with E-state index in [1.807, 2.05) is 54.6 Å². The van der Waals surface area contributed by atoms with Crippen molar-refractivity contribution in [1.82, 2.24) is 5.32 Å². The van der Waals surface area contributed by atoms with Gasteiger partial charge in [0.2, 0.25) is 5.91 Å². The Kier molecular flexibility index (Phi) is 6.64. The molecule has 0 radical (unpaired) electrons. The molecule has 128 valence electrons. The summed E-state index contributed by atoms with van der Waals surface area (Å²) in [7, 11) is 0. The normalized spacial score (nSPS) is 17.8. The lowest BCUT2D eigenvalue weighted by atomic mass is 9.99. The standard InChI is InChI=1S/C19H22N2O2.ClH/c20-16-10-8-14(9-11-16)13-18(22)21-19(17-7-4-12-23-17)15-5-2-1-3-6-15;/h1-3,5-6,8-11,17,19H,4,7,12-13,20H2,(H,21,22);1H. The van der Waals surface area contributed by atoms with Crippen LogP contribution >= 0.6 is 12.4 Å². The van der Waals surface area contributed by atoms with E-state index in [0.717, 1.165) is 30.6 Å². The van der Waals surface area contributed by atoms with Gasteiger partial charge in [-0.1, -0.05) is 42.5 Å². The van der Waals surface area contributed by atoms with Gasteiger partial charge in [0.1, 0.15) is 0 Å². The lowest BCUT2D eigenvalue weighted by Crippen LogP contribution is -2.36. The number of nitrogen functional groups attached to an aromatic ring is 1. The van der Waals surface area contributed by atoms with Crippen molar-refractivity contribution >= 4 is 24.0 Å². The van der Waals surface area contributed by atoms with E-state index in [0.29, 0.717) is 12.1 Å². The summed E-state index contributed by atoms with van der Waals surface area (Å²) >= 11 is 0. The molecule has 0 spiro atoms. The molecule has 1 aliphatic heterocycles. The highest BCUT2D eigenvalue weighted by molar-refractivity contribution is 5.85. The number of ether oxygens (including phenoxy) is 1. The molecule has 1 amide bonds. The van der Waals surface area contributed by atoms with Gasteiger partial charge in [0, 0.05) is 12.3 Å². The number of carbonyl (C=O) groups is 1. The molecule has 0 bridgehead atoms. The van der Waals surface area contributed by atoms with Gasteiger partial charge in [0.05, 0.1) is 18.6 Å². The van der Waals surface area contributed by atoms with Gasteiger partial charge in [-0.2, -0.15) is 0 Å². The fourth-order valence-electron chi connectivity index (χ4n) is 2.96. The van der Waals surface area contributed by atoms with E-state index in [9.17, 15) is 4.79 Å². The third-order valence-corrected chi connectivity index (χ3v) is 4.16. The SMILES string of the molecule is Cl.Nc1ccc(CC(=O)NC(c2ccccc2)C2CCCO2)cc1. The number of rotatable bonds is 5. The summed E-state index contributed by atoms with van der Waals surface area (Å²) in [6, 6.07) is 17.3. The number of halogens is 1. The zero-order valence-corrected chi connectivity index (χ0v) is 14.3. The summed E-state index contributed by atoms with van der Waals surface area (Å²) in [4.78, 5) is 12.4. The van der Waals surface area contributed by atoms with Crippen LogP contribution < -0.4 is 11.1 Å². The number of hydrogen-bond donors (Lipinski definition) is 2. The minimum absolute atomic E-state index is 0. The summed E-state index contributed by atoms with van der Waals surface area (Å²) < 4.78 is 5.81. The lowest BCUT2D eigenvalue weighted by molar-refractivity contribution is -0.122. The van der Waals surface area contributed by atoms with Crippen molar-refractivity contribution in [2.45, 2.75) is 31.4 Å². The largest absolute Gasteiger partial charge is 0.399 e. The molecule has 2 aromatic rings. The first-order valence-corrected chi connectivity index (χ1v) is 8.03. The van der Waals surface area contributed by atoms with E-state index in [1.165, 1.54) is 0 Å². The number of anilines is 1. The van der Waals surface area contributed by atoms with Crippen LogP contribution in [-0.4, -0.2) is 18.6 Å². The molecule has 0 aliphatic carbocycles. The molecule has 1 fully saturated rings. The Hall–Kier alpha value is -2.04.